The first-order valence-electron chi connectivity index (χ1n) is 5.89. The summed E-state index contributed by atoms with van der Waals surface area (Å²) in [6.07, 6.45) is 3.33. The molecule has 2 aromatic heterocycles. The summed E-state index contributed by atoms with van der Waals surface area (Å²) < 4.78 is 1.81. The van der Waals surface area contributed by atoms with Crippen molar-refractivity contribution in [1.29, 1.82) is 0 Å². The number of aromatic nitrogens is 2. The van der Waals surface area contributed by atoms with Gasteiger partial charge in [0.2, 0.25) is 0 Å². The van der Waals surface area contributed by atoms with E-state index >= 15 is 0 Å². The standard InChI is InChI=1S/C13H9ClN4O2S/c14-11-12-18(5-6-21-12)10(16-11)7-15-17-9-4-2-1-3-8(9)13(19)20/h1-7,17H,(H,19,20)/b15-7+. The Morgan fingerprint density at radius 2 is 2.29 bits per heavy atom. The van der Waals surface area contributed by atoms with Gasteiger partial charge in [0, 0.05) is 11.6 Å². The number of carbonyl (C=O) groups is 1. The number of nitrogens with zero attached hydrogens (tertiary/aromatic N) is 3. The van der Waals surface area contributed by atoms with Crippen molar-refractivity contribution in [3.63, 3.8) is 0 Å². The molecule has 3 rings (SSSR count). The van der Waals surface area contributed by atoms with E-state index < -0.39 is 5.97 Å². The van der Waals surface area contributed by atoms with Gasteiger partial charge in [-0.2, -0.15) is 5.10 Å². The van der Waals surface area contributed by atoms with Gasteiger partial charge < -0.3 is 5.11 Å². The molecule has 2 N–H and O–H groups in total. The lowest BCUT2D eigenvalue weighted by molar-refractivity contribution is 0.0698. The molecule has 0 aliphatic carbocycles. The van der Waals surface area contributed by atoms with Crippen LogP contribution < -0.4 is 5.43 Å². The van der Waals surface area contributed by atoms with Crippen LogP contribution in [-0.4, -0.2) is 26.7 Å². The summed E-state index contributed by atoms with van der Waals surface area (Å²) in [6, 6.07) is 6.53. The third kappa shape index (κ3) is 2.61. The van der Waals surface area contributed by atoms with E-state index in [-0.39, 0.29) is 5.56 Å². The van der Waals surface area contributed by atoms with Crippen molar-refractivity contribution in [1.82, 2.24) is 9.38 Å². The van der Waals surface area contributed by atoms with Crippen LogP contribution in [0.5, 0.6) is 0 Å². The number of rotatable bonds is 4. The van der Waals surface area contributed by atoms with Gasteiger partial charge in [0.1, 0.15) is 4.83 Å². The van der Waals surface area contributed by atoms with E-state index in [0.29, 0.717) is 16.7 Å². The zero-order chi connectivity index (χ0) is 14.8. The minimum atomic E-state index is -1.02. The van der Waals surface area contributed by atoms with Crippen molar-refractivity contribution in [3.05, 3.63) is 52.4 Å². The molecule has 0 atom stereocenters. The maximum absolute atomic E-state index is 11.1. The molecule has 21 heavy (non-hydrogen) atoms. The summed E-state index contributed by atoms with van der Waals surface area (Å²) in [5.41, 5.74) is 3.26. The fourth-order valence-electron chi connectivity index (χ4n) is 1.83. The molecule has 0 aliphatic rings. The number of nitrogens with one attached hydrogen (secondary N) is 1. The molecule has 0 aliphatic heterocycles. The molecule has 0 saturated heterocycles. The van der Waals surface area contributed by atoms with Crippen molar-refractivity contribution in [2.45, 2.75) is 0 Å². The Morgan fingerprint density at radius 1 is 1.48 bits per heavy atom. The number of imidazole rings is 1. The first-order chi connectivity index (χ1) is 10.2. The number of anilines is 1. The van der Waals surface area contributed by atoms with Crippen LogP contribution in [0.15, 0.2) is 40.9 Å². The molecule has 1 aromatic carbocycles. The van der Waals surface area contributed by atoms with Gasteiger partial charge in [0.05, 0.1) is 17.5 Å². The molecule has 0 fully saturated rings. The predicted molar refractivity (Wildman–Crippen MR) is 82.7 cm³/mol. The molecule has 8 heteroatoms. The number of fused-ring (bicyclic) bond motifs is 1. The van der Waals surface area contributed by atoms with Gasteiger partial charge in [0.25, 0.3) is 0 Å². The van der Waals surface area contributed by atoms with Crippen LogP contribution in [0.2, 0.25) is 5.15 Å². The lowest BCUT2D eigenvalue weighted by Gasteiger charge is -2.03. The topological polar surface area (TPSA) is 79.0 Å². The second kappa shape index (κ2) is 5.55. The molecule has 0 bridgehead atoms. The summed E-state index contributed by atoms with van der Waals surface area (Å²) in [5, 5.41) is 15.4. The average molecular weight is 321 g/mol. The average Bonchev–Trinajstić information content (AvgIpc) is 3.05. The highest BCUT2D eigenvalue weighted by molar-refractivity contribution is 7.16. The minimum absolute atomic E-state index is 0.150. The fraction of sp³-hybridized carbons (Fsp3) is 0. The van der Waals surface area contributed by atoms with Crippen molar-refractivity contribution >= 4 is 45.6 Å². The lowest BCUT2D eigenvalue weighted by atomic mass is 10.2. The molecule has 2 heterocycles. The summed E-state index contributed by atoms with van der Waals surface area (Å²) in [7, 11) is 0. The van der Waals surface area contributed by atoms with E-state index in [0.717, 1.165) is 4.83 Å². The zero-order valence-corrected chi connectivity index (χ0v) is 12.1. The first kappa shape index (κ1) is 13.6. The number of benzene rings is 1. The second-order valence-electron chi connectivity index (χ2n) is 4.06. The molecule has 0 radical (unpaired) electrons. The van der Waals surface area contributed by atoms with Crippen molar-refractivity contribution in [2.75, 3.05) is 5.43 Å². The van der Waals surface area contributed by atoms with Crippen LogP contribution in [-0.2, 0) is 0 Å². The zero-order valence-electron chi connectivity index (χ0n) is 10.5. The minimum Gasteiger partial charge on any atom is -0.478 e. The Balaban J connectivity index is 1.85. The molecule has 0 unspecified atom stereocenters. The number of halogens is 1. The van der Waals surface area contributed by atoms with Gasteiger partial charge in [-0.15, -0.1) is 11.3 Å². The molecule has 0 saturated carbocycles. The third-order valence-electron chi connectivity index (χ3n) is 2.77. The molecule has 106 valence electrons. The Hall–Kier alpha value is -2.38. The number of thiazole rings is 1. The lowest BCUT2D eigenvalue weighted by Crippen LogP contribution is -2.02. The Labute approximate surface area is 128 Å². The predicted octanol–water partition coefficient (Wildman–Crippen LogP) is 3.19. The number of para-hydroxylation sites is 1. The summed E-state index contributed by atoms with van der Waals surface area (Å²) in [5.74, 6) is -0.450. The van der Waals surface area contributed by atoms with Crippen molar-refractivity contribution in [2.24, 2.45) is 5.10 Å². The largest absolute Gasteiger partial charge is 0.478 e. The van der Waals surface area contributed by atoms with Crippen LogP contribution in [0.3, 0.4) is 0 Å². The van der Waals surface area contributed by atoms with E-state index in [4.69, 9.17) is 16.7 Å². The highest BCUT2D eigenvalue weighted by Crippen LogP contribution is 2.22. The molecule has 3 aromatic rings. The van der Waals surface area contributed by atoms with Crippen LogP contribution in [0.1, 0.15) is 16.2 Å². The summed E-state index contributed by atoms with van der Waals surface area (Å²) in [4.78, 5) is 16.1. The Kier molecular flexibility index (Phi) is 3.59. The Morgan fingerprint density at radius 3 is 3.10 bits per heavy atom. The molecule has 6 nitrogen and oxygen atoms in total. The number of hydrogen-bond donors (Lipinski definition) is 2. The monoisotopic (exact) mass is 320 g/mol. The summed E-state index contributed by atoms with van der Waals surface area (Å²) >= 11 is 7.48. The van der Waals surface area contributed by atoms with Crippen LogP contribution in [0, 0.1) is 0 Å². The highest BCUT2D eigenvalue weighted by atomic mass is 35.5. The maximum atomic E-state index is 11.1. The molecule has 0 amide bonds. The van der Waals surface area contributed by atoms with Gasteiger partial charge in [-0.25, -0.2) is 9.78 Å². The molecule has 0 spiro atoms. The smallest absolute Gasteiger partial charge is 0.337 e. The first-order valence-corrected chi connectivity index (χ1v) is 7.15. The second-order valence-corrected chi connectivity index (χ2v) is 5.31. The number of hydrogen-bond acceptors (Lipinski definition) is 5. The number of carboxylic acids is 1. The van der Waals surface area contributed by atoms with Crippen LogP contribution in [0.25, 0.3) is 4.83 Å². The normalized spacial score (nSPS) is 11.3. The summed E-state index contributed by atoms with van der Waals surface area (Å²) in [6.45, 7) is 0. The number of aromatic carboxylic acids is 1. The van der Waals surface area contributed by atoms with E-state index in [2.05, 4.69) is 15.5 Å². The third-order valence-corrected chi connectivity index (χ3v) is 4.01. The van der Waals surface area contributed by atoms with Crippen LogP contribution >= 0.6 is 22.9 Å². The number of hydrazone groups is 1. The van der Waals surface area contributed by atoms with Crippen molar-refractivity contribution < 1.29 is 9.90 Å². The fourth-order valence-corrected chi connectivity index (χ4v) is 2.86. The van der Waals surface area contributed by atoms with Crippen molar-refractivity contribution in [3.8, 4) is 0 Å². The van der Waals surface area contributed by atoms with Crippen LogP contribution in [0.4, 0.5) is 5.69 Å². The van der Waals surface area contributed by atoms with E-state index in [1.54, 1.807) is 22.6 Å². The molecular formula is C13H9ClN4O2S. The quantitative estimate of drug-likeness (QED) is 0.571. The van der Waals surface area contributed by atoms with E-state index in [1.165, 1.54) is 23.6 Å². The SMILES string of the molecule is O=C(O)c1ccccc1N/N=C/c1nc(Cl)c2sccn12. The number of carboxylic acid groups (broad SMARTS) is 1. The molecular weight excluding hydrogens is 312 g/mol. The van der Waals surface area contributed by atoms with Gasteiger partial charge in [-0.05, 0) is 12.1 Å². The Bertz CT molecular complexity index is 840. The van der Waals surface area contributed by atoms with Gasteiger partial charge in [-0.3, -0.25) is 9.83 Å². The van der Waals surface area contributed by atoms with Gasteiger partial charge >= 0.3 is 5.97 Å². The van der Waals surface area contributed by atoms with Gasteiger partial charge in [0.15, 0.2) is 11.0 Å². The maximum Gasteiger partial charge on any atom is 0.337 e. The highest BCUT2D eigenvalue weighted by Gasteiger charge is 2.09. The van der Waals surface area contributed by atoms with E-state index in [1.807, 2.05) is 11.6 Å². The van der Waals surface area contributed by atoms with E-state index in [9.17, 15) is 4.79 Å². The van der Waals surface area contributed by atoms with Gasteiger partial charge in [-0.1, -0.05) is 23.7 Å².